The average Bonchev–Trinajstić information content (AvgIpc) is 2.70. The Hall–Kier alpha value is -0.0800. The topological polar surface area (TPSA) is 15.3 Å². The molecule has 0 radical (unpaired) electrons. The predicted octanol–water partition coefficient (Wildman–Crippen LogP) is 3.56. The Morgan fingerprint density at radius 1 is 0.947 bits per heavy atom. The van der Waals surface area contributed by atoms with Crippen LogP contribution in [0.5, 0.6) is 0 Å². The summed E-state index contributed by atoms with van der Waals surface area (Å²) in [5.41, 5.74) is 0. The largest absolute Gasteiger partial charge is 0.314 e. The van der Waals surface area contributed by atoms with Gasteiger partial charge in [-0.15, -0.1) is 0 Å². The van der Waals surface area contributed by atoms with Crippen LogP contribution in [0.3, 0.4) is 0 Å². The number of fused-ring (bicyclic) bond motifs is 2. The van der Waals surface area contributed by atoms with Crippen molar-refractivity contribution in [1.82, 2.24) is 10.2 Å². The molecule has 0 aromatic heterocycles. The number of hydrogen-bond donors (Lipinski definition) is 1. The van der Waals surface area contributed by atoms with Gasteiger partial charge in [0.05, 0.1) is 0 Å². The van der Waals surface area contributed by atoms with Gasteiger partial charge in [0.25, 0.3) is 0 Å². The van der Waals surface area contributed by atoms with E-state index in [-0.39, 0.29) is 0 Å². The Morgan fingerprint density at radius 3 is 2.26 bits per heavy atom. The van der Waals surface area contributed by atoms with Gasteiger partial charge in [0.15, 0.2) is 0 Å². The summed E-state index contributed by atoms with van der Waals surface area (Å²) in [4.78, 5) is 3.00. The van der Waals surface area contributed by atoms with Gasteiger partial charge in [0, 0.05) is 24.2 Å². The first kappa shape index (κ1) is 13.9. The number of hydrogen-bond acceptors (Lipinski definition) is 2. The van der Waals surface area contributed by atoms with Crippen molar-refractivity contribution in [1.29, 1.82) is 0 Å². The zero-order chi connectivity index (χ0) is 13.2. The molecule has 2 aliphatic heterocycles. The highest BCUT2D eigenvalue weighted by Gasteiger charge is 2.45. The fourth-order valence-corrected chi connectivity index (χ4v) is 5.27. The molecule has 3 rings (SSSR count). The molecule has 0 spiro atoms. The zero-order valence-electron chi connectivity index (χ0n) is 12.9. The van der Waals surface area contributed by atoms with E-state index in [1.165, 1.54) is 57.8 Å². The predicted molar refractivity (Wildman–Crippen MR) is 81.4 cm³/mol. The van der Waals surface area contributed by atoms with Crippen LogP contribution in [0.2, 0.25) is 0 Å². The fraction of sp³-hybridized carbons (Fsp3) is 1.00. The number of nitrogens with zero attached hydrogens (tertiary/aromatic N) is 1. The Bertz CT molecular complexity index is 277. The highest BCUT2D eigenvalue weighted by atomic mass is 15.3. The third-order valence-electron chi connectivity index (χ3n) is 6.06. The molecule has 1 aliphatic carbocycles. The molecule has 4 atom stereocenters. The van der Waals surface area contributed by atoms with E-state index in [0.717, 1.165) is 36.6 Å². The lowest BCUT2D eigenvalue weighted by atomic mass is 9.80. The van der Waals surface area contributed by atoms with E-state index < -0.39 is 0 Å². The van der Waals surface area contributed by atoms with E-state index >= 15 is 0 Å². The maximum atomic E-state index is 3.71. The third-order valence-corrected chi connectivity index (χ3v) is 6.06. The summed E-state index contributed by atoms with van der Waals surface area (Å²) in [5.74, 6) is 0.993. The third kappa shape index (κ3) is 2.71. The SMILES string of the molecule is CCNC1CC2CCC(C1)N2C1CCCCC1CC. The molecule has 19 heavy (non-hydrogen) atoms. The van der Waals surface area contributed by atoms with Crippen LogP contribution >= 0.6 is 0 Å². The number of rotatable bonds is 4. The minimum Gasteiger partial charge on any atom is -0.314 e. The van der Waals surface area contributed by atoms with Crippen molar-refractivity contribution in [3.8, 4) is 0 Å². The summed E-state index contributed by atoms with van der Waals surface area (Å²) >= 11 is 0. The summed E-state index contributed by atoms with van der Waals surface area (Å²) in [5, 5.41) is 3.71. The number of piperidine rings is 1. The minimum atomic E-state index is 0.808. The molecule has 2 saturated heterocycles. The van der Waals surface area contributed by atoms with Crippen LogP contribution in [0.1, 0.15) is 71.6 Å². The standard InChI is InChI=1S/C17H32N2/c1-3-13-7-5-6-8-17(13)19-15-9-10-16(19)12-14(11-15)18-4-2/h13-18H,3-12H2,1-2H3. The molecule has 2 nitrogen and oxygen atoms in total. The molecule has 0 amide bonds. The molecule has 3 fully saturated rings. The van der Waals surface area contributed by atoms with Crippen LogP contribution in [0.25, 0.3) is 0 Å². The van der Waals surface area contributed by atoms with Gasteiger partial charge >= 0.3 is 0 Å². The highest BCUT2D eigenvalue weighted by Crippen LogP contribution is 2.42. The molecular weight excluding hydrogens is 232 g/mol. The molecule has 1 saturated carbocycles. The van der Waals surface area contributed by atoms with Crippen LogP contribution in [-0.4, -0.2) is 35.6 Å². The summed E-state index contributed by atoms with van der Waals surface area (Å²) in [6, 6.07) is 3.54. The molecule has 1 N–H and O–H groups in total. The maximum absolute atomic E-state index is 3.71. The molecule has 110 valence electrons. The van der Waals surface area contributed by atoms with Crippen molar-refractivity contribution in [3.05, 3.63) is 0 Å². The Kier molecular flexibility index (Phi) is 4.48. The van der Waals surface area contributed by atoms with Crippen LogP contribution < -0.4 is 5.32 Å². The molecule has 2 bridgehead atoms. The molecule has 0 aromatic rings. The van der Waals surface area contributed by atoms with Gasteiger partial charge in [-0.25, -0.2) is 0 Å². The first-order valence-electron chi connectivity index (χ1n) is 8.84. The normalized spacial score (nSPS) is 43.6. The van der Waals surface area contributed by atoms with Gasteiger partial charge < -0.3 is 5.32 Å². The van der Waals surface area contributed by atoms with E-state index in [1.54, 1.807) is 0 Å². The fourth-order valence-electron chi connectivity index (χ4n) is 5.27. The number of nitrogens with one attached hydrogen (secondary N) is 1. The van der Waals surface area contributed by atoms with Gasteiger partial charge in [0.2, 0.25) is 0 Å². The van der Waals surface area contributed by atoms with Crippen molar-refractivity contribution in [2.75, 3.05) is 6.54 Å². The summed E-state index contributed by atoms with van der Waals surface area (Å²) in [6.07, 6.45) is 13.1. The Morgan fingerprint density at radius 2 is 1.63 bits per heavy atom. The van der Waals surface area contributed by atoms with Crippen molar-refractivity contribution >= 4 is 0 Å². The van der Waals surface area contributed by atoms with Crippen LogP contribution in [0.4, 0.5) is 0 Å². The van der Waals surface area contributed by atoms with Crippen molar-refractivity contribution < 1.29 is 0 Å². The summed E-state index contributed by atoms with van der Waals surface area (Å²) in [6.45, 7) is 5.81. The first-order valence-corrected chi connectivity index (χ1v) is 8.84. The summed E-state index contributed by atoms with van der Waals surface area (Å²) in [7, 11) is 0. The van der Waals surface area contributed by atoms with Gasteiger partial charge in [0.1, 0.15) is 0 Å². The first-order chi connectivity index (χ1) is 9.33. The van der Waals surface area contributed by atoms with E-state index in [0.29, 0.717) is 0 Å². The van der Waals surface area contributed by atoms with E-state index in [1.807, 2.05) is 0 Å². The monoisotopic (exact) mass is 264 g/mol. The minimum absolute atomic E-state index is 0.808. The lowest BCUT2D eigenvalue weighted by Crippen LogP contribution is -2.55. The van der Waals surface area contributed by atoms with E-state index in [9.17, 15) is 0 Å². The second-order valence-corrected chi connectivity index (χ2v) is 7.08. The second kappa shape index (κ2) is 6.13. The van der Waals surface area contributed by atoms with E-state index in [2.05, 4.69) is 24.1 Å². The average molecular weight is 264 g/mol. The molecule has 4 unspecified atom stereocenters. The van der Waals surface area contributed by atoms with E-state index in [4.69, 9.17) is 0 Å². The highest BCUT2D eigenvalue weighted by molar-refractivity contribution is 5.01. The van der Waals surface area contributed by atoms with Crippen molar-refractivity contribution in [2.45, 2.75) is 95.8 Å². The van der Waals surface area contributed by atoms with Crippen LogP contribution in [-0.2, 0) is 0 Å². The zero-order valence-corrected chi connectivity index (χ0v) is 12.9. The lowest BCUT2D eigenvalue weighted by Gasteiger charge is -2.48. The maximum Gasteiger partial charge on any atom is 0.0129 e. The van der Waals surface area contributed by atoms with Gasteiger partial charge in [-0.2, -0.15) is 0 Å². The van der Waals surface area contributed by atoms with Gasteiger partial charge in [-0.05, 0) is 51.0 Å². The van der Waals surface area contributed by atoms with Crippen molar-refractivity contribution in [3.63, 3.8) is 0 Å². The Labute approximate surface area is 119 Å². The quantitative estimate of drug-likeness (QED) is 0.835. The molecular formula is C17H32N2. The molecule has 2 heteroatoms. The van der Waals surface area contributed by atoms with Gasteiger partial charge in [-0.3, -0.25) is 4.90 Å². The lowest BCUT2D eigenvalue weighted by molar-refractivity contribution is 0.0205. The smallest absolute Gasteiger partial charge is 0.0129 e. The Balaban J connectivity index is 1.68. The summed E-state index contributed by atoms with van der Waals surface area (Å²) < 4.78 is 0. The molecule has 2 heterocycles. The van der Waals surface area contributed by atoms with Crippen LogP contribution in [0.15, 0.2) is 0 Å². The van der Waals surface area contributed by atoms with Crippen molar-refractivity contribution in [2.24, 2.45) is 5.92 Å². The van der Waals surface area contributed by atoms with Crippen LogP contribution in [0, 0.1) is 5.92 Å². The molecule has 0 aromatic carbocycles. The van der Waals surface area contributed by atoms with Gasteiger partial charge in [-0.1, -0.05) is 33.1 Å². The molecule has 3 aliphatic rings. The second-order valence-electron chi connectivity index (χ2n) is 7.08.